The minimum Gasteiger partial charge on any atom is -0.497 e. The van der Waals surface area contributed by atoms with Crippen LogP contribution in [0.2, 0.25) is 0 Å². The number of hydrogen-bond donors (Lipinski definition) is 0. The topological polar surface area (TPSA) is 95.3 Å². The van der Waals surface area contributed by atoms with Crippen LogP contribution in [-0.4, -0.2) is 49.4 Å². The van der Waals surface area contributed by atoms with E-state index in [9.17, 15) is 14.4 Å². The van der Waals surface area contributed by atoms with Crippen molar-refractivity contribution in [2.75, 3.05) is 20.8 Å². The molecule has 0 saturated heterocycles. The molecule has 2 heterocycles. The number of ether oxygens (including phenoxy) is 3. The molecular formula is C25H23NO7. The fraction of sp³-hybridized carbons (Fsp3) is 0.240. The molecule has 0 saturated carbocycles. The Labute approximate surface area is 190 Å². The summed E-state index contributed by atoms with van der Waals surface area (Å²) in [5.74, 6) is -0.580. The van der Waals surface area contributed by atoms with Gasteiger partial charge in [0, 0.05) is 13.0 Å². The van der Waals surface area contributed by atoms with Crippen LogP contribution in [-0.2, 0) is 22.5 Å². The summed E-state index contributed by atoms with van der Waals surface area (Å²) in [5, 5.41) is 0. The van der Waals surface area contributed by atoms with Gasteiger partial charge < -0.3 is 23.5 Å². The second kappa shape index (κ2) is 9.60. The fourth-order valence-corrected chi connectivity index (χ4v) is 3.83. The van der Waals surface area contributed by atoms with Gasteiger partial charge >= 0.3 is 5.97 Å². The van der Waals surface area contributed by atoms with Crippen molar-refractivity contribution in [3.05, 3.63) is 83.3 Å². The zero-order valence-corrected chi connectivity index (χ0v) is 18.3. The smallest absolute Gasteiger partial charge is 0.329 e. The quantitative estimate of drug-likeness (QED) is 0.403. The fourth-order valence-electron chi connectivity index (χ4n) is 3.83. The number of furan rings is 1. The van der Waals surface area contributed by atoms with Crippen molar-refractivity contribution < 1.29 is 33.0 Å². The number of fused-ring (bicyclic) bond motifs is 1. The molecule has 0 bridgehead atoms. The lowest BCUT2D eigenvalue weighted by Gasteiger charge is -2.34. The summed E-state index contributed by atoms with van der Waals surface area (Å²) in [6.07, 6.45) is 1.68. The molecule has 1 aliphatic rings. The number of nitrogens with zero attached hydrogens (tertiary/aromatic N) is 1. The highest BCUT2D eigenvalue weighted by atomic mass is 16.5. The standard InChI is InChI=1S/C25H23NO7/c1-30-18-9-10-22(31-2)19(13-18)21(27)15-33-25(29)20-12-16-6-3-4-7-17(16)14-26(20)24(28)23-8-5-11-32-23/h3-11,13,20H,12,14-15H2,1-2H3/t20-/m0/s1. The molecule has 170 valence electrons. The first-order valence-electron chi connectivity index (χ1n) is 10.3. The van der Waals surface area contributed by atoms with Crippen LogP contribution >= 0.6 is 0 Å². The van der Waals surface area contributed by atoms with E-state index in [0.717, 1.165) is 11.1 Å². The Bertz CT molecular complexity index is 1170. The minimum atomic E-state index is -0.891. The van der Waals surface area contributed by atoms with Crippen LogP contribution in [0, 0.1) is 0 Å². The second-order valence-corrected chi connectivity index (χ2v) is 7.50. The van der Waals surface area contributed by atoms with E-state index in [2.05, 4.69) is 0 Å². The molecule has 0 unspecified atom stereocenters. The zero-order chi connectivity index (χ0) is 23.4. The molecule has 8 heteroatoms. The second-order valence-electron chi connectivity index (χ2n) is 7.50. The van der Waals surface area contributed by atoms with Gasteiger partial charge in [-0.3, -0.25) is 9.59 Å². The average Bonchev–Trinajstić information content (AvgIpc) is 3.40. The van der Waals surface area contributed by atoms with Crippen molar-refractivity contribution in [3.63, 3.8) is 0 Å². The first-order valence-corrected chi connectivity index (χ1v) is 10.3. The Kier molecular flexibility index (Phi) is 6.44. The van der Waals surface area contributed by atoms with E-state index in [1.54, 1.807) is 24.3 Å². The van der Waals surface area contributed by atoms with Crippen LogP contribution in [0.15, 0.2) is 65.3 Å². The lowest BCUT2D eigenvalue weighted by atomic mass is 9.93. The van der Waals surface area contributed by atoms with E-state index in [1.807, 2.05) is 24.3 Å². The third kappa shape index (κ3) is 4.59. The predicted molar refractivity (Wildman–Crippen MR) is 117 cm³/mol. The van der Waals surface area contributed by atoms with Crippen LogP contribution < -0.4 is 9.47 Å². The third-order valence-electron chi connectivity index (χ3n) is 5.57. The molecule has 3 aromatic rings. The number of esters is 1. The molecule has 0 aliphatic carbocycles. The van der Waals surface area contributed by atoms with Gasteiger partial charge in [-0.1, -0.05) is 24.3 Å². The highest BCUT2D eigenvalue weighted by Gasteiger charge is 2.37. The maximum atomic E-state index is 13.1. The van der Waals surface area contributed by atoms with Crippen molar-refractivity contribution in [1.82, 2.24) is 4.90 Å². The Morgan fingerprint density at radius 3 is 2.48 bits per heavy atom. The molecule has 8 nitrogen and oxygen atoms in total. The Morgan fingerprint density at radius 1 is 1.00 bits per heavy atom. The van der Waals surface area contributed by atoms with Crippen LogP contribution in [0.3, 0.4) is 0 Å². The lowest BCUT2D eigenvalue weighted by molar-refractivity contribution is -0.148. The summed E-state index contributed by atoms with van der Waals surface area (Å²) >= 11 is 0. The third-order valence-corrected chi connectivity index (χ3v) is 5.57. The molecule has 0 N–H and O–H groups in total. The van der Waals surface area contributed by atoms with E-state index in [4.69, 9.17) is 18.6 Å². The van der Waals surface area contributed by atoms with Gasteiger partial charge in [0.25, 0.3) is 5.91 Å². The summed E-state index contributed by atoms with van der Waals surface area (Å²) < 4.78 is 21.0. The van der Waals surface area contributed by atoms with Crippen molar-refractivity contribution in [3.8, 4) is 11.5 Å². The van der Waals surface area contributed by atoms with Crippen molar-refractivity contribution >= 4 is 17.7 Å². The van der Waals surface area contributed by atoms with Crippen LogP contribution in [0.1, 0.15) is 32.0 Å². The number of carbonyl (C=O) groups excluding carboxylic acids is 3. The molecule has 4 rings (SSSR count). The number of rotatable bonds is 7. The molecule has 0 radical (unpaired) electrons. The van der Waals surface area contributed by atoms with E-state index < -0.39 is 30.3 Å². The van der Waals surface area contributed by atoms with Gasteiger partial charge in [0.2, 0.25) is 5.78 Å². The van der Waals surface area contributed by atoms with Gasteiger partial charge in [0.05, 0.1) is 26.0 Å². The SMILES string of the molecule is COc1ccc(OC)c(C(=O)COC(=O)[C@@H]2Cc3ccccc3CN2C(=O)c2ccco2)c1. The Hall–Kier alpha value is -4.07. The predicted octanol–water partition coefficient (Wildman–Crippen LogP) is 3.29. The van der Waals surface area contributed by atoms with E-state index in [0.29, 0.717) is 11.5 Å². The number of Topliss-reactive ketones (excluding diaryl/α,β-unsaturated/α-hetero) is 1. The molecular weight excluding hydrogens is 426 g/mol. The summed E-state index contributed by atoms with van der Waals surface area (Å²) in [6, 6.07) is 14.7. The molecule has 1 amide bonds. The molecule has 1 aliphatic heterocycles. The average molecular weight is 449 g/mol. The molecule has 1 aromatic heterocycles. The van der Waals surface area contributed by atoms with Crippen LogP contribution in [0.5, 0.6) is 11.5 Å². The van der Waals surface area contributed by atoms with E-state index >= 15 is 0 Å². The lowest BCUT2D eigenvalue weighted by Crippen LogP contribution is -2.49. The summed E-state index contributed by atoms with van der Waals surface area (Å²) in [5.41, 5.74) is 2.13. The van der Waals surface area contributed by atoms with Crippen molar-refractivity contribution in [2.45, 2.75) is 19.0 Å². The highest BCUT2D eigenvalue weighted by molar-refractivity contribution is 6.01. The maximum absolute atomic E-state index is 13.1. The van der Waals surface area contributed by atoms with E-state index in [-0.39, 0.29) is 24.3 Å². The van der Waals surface area contributed by atoms with Crippen LogP contribution in [0.25, 0.3) is 0 Å². The summed E-state index contributed by atoms with van der Waals surface area (Å²) in [7, 11) is 2.93. The first-order chi connectivity index (χ1) is 16.0. The van der Waals surface area contributed by atoms with Gasteiger partial charge in [0.1, 0.15) is 17.5 Å². The van der Waals surface area contributed by atoms with Crippen molar-refractivity contribution in [1.29, 1.82) is 0 Å². The molecule has 33 heavy (non-hydrogen) atoms. The molecule has 1 atom stereocenters. The number of amides is 1. The minimum absolute atomic E-state index is 0.129. The number of carbonyl (C=O) groups is 3. The van der Waals surface area contributed by atoms with Gasteiger partial charge in [-0.2, -0.15) is 0 Å². The number of methoxy groups -OCH3 is 2. The largest absolute Gasteiger partial charge is 0.497 e. The highest BCUT2D eigenvalue weighted by Crippen LogP contribution is 2.27. The Balaban J connectivity index is 1.53. The van der Waals surface area contributed by atoms with Gasteiger partial charge in [-0.05, 0) is 41.5 Å². The first kappa shape index (κ1) is 22.1. The number of hydrogen-bond acceptors (Lipinski definition) is 7. The van der Waals surface area contributed by atoms with E-state index in [1.165, 1.54) is 31.4 Å². The number of ketones is 1. The van der Waals surface area contributed by atoms with Gasteiger partial charge in [-0.15, -0.1) is 0 Å². The number of benzene rings is 2. The summed E-state index contributed by atoms with van der Waals surface area (Å²) in [6.45, 7) is -0.267. The molecule has 0 fully saturated rings. The zero-order valence-electron chi connectivity index (χ0n) is 18.3. The maximum Gasteiger partial charge on any atom is 0.329 e. The molecule has 0 spiro atoms. The van der Waals surface area contributed by atoms with Crippen molar-refractivity contribution in [2.24, 2.45) is 0 Å². The Morgan fingerprint density at radius 2 is 1.79 bits per heavy atom. The summed E-state index contributed by atoms with van der Waals surface area (Å²) in [4.78, 5) is 40.3. The van der Waals surface area contributed by atoms with Gasteiger partial charge in [0.15, 0.2) is 12.4 Å². The normalized spacial score (nSPS) is 14.8. The van der Waals surface area contributed by atoms with Gasteiger partial charge in [-0.25, -0.2) is 4.79 Å². The molecule has 2 aromatic carbocycles. The monoisotopic (exact) mass is 449 g/mol. The van der Waals surface area contributed by atoms with Crippen LogP contribution in [0.4, 0.5) is 0 Å².